The molecular formula is C19H15N3O2S3. The fourth-order valence-corrected chi connectivity index (χ4v) is 4.75. The van der Waals surface area contributed by atoms with Crippen LogP contribution in [0.4, 0.5) is 5.13 Å². The van der Waals surface area contributed by atoms with Crippen LogP contribution in [0, 0.1) is 6.92 Å². The number of thiazole rings is 2. The summed E-state index contributed by atoms with van der Waals surface area (Å²) in [6.07, 6.45) is 0. The van der Waals surface area contributed by atoms with E-state index in [1.54, 1.807) is 23.8 Å². The van der Waals surface area contributed by atoms with Crippen molar-refractivity contribution in [2.24, 2.45) is 0 Å². The molecule has 8 heteroatoms. The van der Waals surface area contributed by atoms with Crippen molar-refractivity contribution < 1.29 is 9.53 Å². The molecule has 3 aromatic heterocycles. The minimum absolute atomic E-state index is 0.259. The predicted molar refractivity (Wildman–Crippen MR) is 112 cm³/mol. The maximum Gasteiger partial charge on any atom is 0.276 e. The molecule has 27 heavy (non-hydrogen) atoms. The van der Waals surface area contributed by atoms with Gasteiger partial charge in [-0.25, -0.2) is 9.97 Å². The molecule has 0 aliphatic rings. The molecule has 1 N–H and O–H groups in total. The first-order valence-corrected chi connectivity index (χ1v) is 10.7. The third kappa shape index (κ3) is 3.78. The second-order valence-corrected chi connectivity index (χ2v) is 8.24. The number of hydrogen-bond donors (Lipinski definition) is 1. The molecule has 0 bridgehead atoms. The second-order valence-electron chi connectivity index (χ2n) is 5.75. The second kappa shape index (κ2) is 7.59. The van der Waals surface area contributed by atoms with Crippen LogP contribution in [0.2, 0.25) is 0 Å². The third-order valence-electron chi connectivity index (χ3n) is 3.86. The van der Waals surface area contributed by atoms with Crippen LogP contribution in [0.5, 0.6) is 5.75 Å². The van der Waals surface area contributed by atoms with Gasteiger partial charge in [0.25, 0.3) is 5.91 Å². The monoisotopic (exact) mass is 413 g/mol. The number of hydrogen-bond acceptors (Lipinski definition) is 7. The SMILES string of the molecule is COc1ccc(C)cc1-c1csc(NC(=O)c2csc(-c3ccsc3)n2)n1. The van der Waals surface area contributed by atoms with E-state index in [1.807, 2.05) is 47.3 Å². The minimum atomic E-state index is -0.259. The number of nitrogens with one attached hydrogen (secondary N) is 1. The number of aryl methyl sites for hydroxylation is 1. The van der Waals surface area contributed by atoms with Crippen molar-refractivity contribution in [3.8, 4) is 27.6 Å². The first-order chi connectivity index (χ1) is 13.1. The summed E-state index contributed by atoms with van der Waals surface area (Å²) in [4.78, 5) is 21.5. The zero-order chi connectivity index (χ0) is 18.8. The van der Waals surface area contributed by atoms with E-state index in [0.29, 0.717) is 10.8 Å². The summed E-state index contributed by atoms with van der Waals surface area (Å²) in [7, 11) is 1.64. The number of thiophene rings is 1. The van der Waals surface area contributed by atoms with Crippen LogP contribution in [0.1, 0.15) is 16.1 Å². The number of carbonyl (C=O) groups excluding carboxylic acids is 1. The molecule has 0 saturated carbocycles. The van der Waals surface area contributed by atoms with E-state index in [0.717, 1.165) is 33.1 Å². The van der Waals surface area contributed by atoms with E-state index < -0.39 is 0 Å². The summed E-state index contributed by atoms with van der Waals surface area (Å²) < 4.78 is 5.42. The molecule has 0 radical (unpaired) electrons. The topological polar surface area (TPSA) is 64.1 Å². The van der Waals surface area contributed by atoms with Gasteiger partial charge in [0.05, 0.1) is 12.8 Å². The molecule has 4 aromatic rings. The number of methoxy groups -OCH3 is 1. The van der Waals surface area contributed by atoms with Crippen molar-refractivity contribution in [3.63, 3.8) is 0 Å². The average Bonchev–Trinajstić information content (AvgIpc) is 3.42. The lowest BCUT2D eigenvalue weighted by molar-refractivity contribution is 0.102. The van der Waals surface area contributed by atoms with Crippen LogP contribution in [-0.4, -0.2) is 23.0 Å². The van der Waals surface area contributed by atoms with Gasteiger partial charge in [-0.05, 0) is 30.5 Å². The quantitative estimate of drug-likeness (QED) is 0.465. The number of rotatable bonds is 5. The molecular weight excluding hydrogens is 398 g/mol. The highest BCUT2D eigenvalue weighted by Crippen LogP contribution is 2.33. The van der Waals surface area contributed by atoms with Crippen molar-refractivity contribution in [1.29, 1.82) is 0 Å². The molecule has 0 aliphatic heterocycles. The van der Waals surface area contributed by atoms with Crippen LogP contribution in [-0.2, 0) is 0 Å². The van der Waals surface area contributed by atoms with Gasteiger partial charge in [0.15, 0.2) is 5.13 Å². The molecule has 5 nitrogen and oxygen atoms in total. The predicted octanol–water partition coefficient (Wildman–Crippen LogP) is 5.56. The summed E-state index contributed by atoms with van der Waals surface area (Å²) in [5.74, 6) is 0.494. The van der Waals surface area contributed by atoms with Gasteiger partial charge in [-0.3, -0.25) is 10.1 Å². The normalized spacial score (nSPS) is 10.7. The lowest BCUT2D eigenvalue weighted by atomic mass is 10.1. The number of anilines is 1. The number of amides is 1. The highest BCUT2D eigenvalue weighted by molar-refractivity contribution is 7.14. The molecule has 0 spiro atoms. The Kier molecular flexibility index (Phi) is 5.02. The van der Waals surface area contributed by atoms with Crippen molar-refractivity contribution in [2.75, 3.05) is 12.4 Å². The Balaban J connectivity index is 1.53. The van der Waals surface area contributed by atoms with Gasteiger partial charge < -0.3 is 4.74 Å². The van der Waals surface area contributed by atoms with E-state index in [9.17, 15) is 4.79 Å². The maximum atomic E-state index is 12.5. The van der Waals surface area contributed by atoms with Crippen LogP contribution in [0.3, 0.4) is 0 Å². The summed E-state index contributed by atoms with van der Waals surface area (Å²) in [6.45, 7) is 2.02. The number of benzene rings is 1. The van der Waals surface area contributed by atoms with Gasteiger partial charge in [-0.2, -0.15) is 11.3 Å². The van der Waals surface area contributed by atoms with Crippen LogP contribution < -0.4 is 10.1 Å². The van der Waals surface area contributed by atoms with Crippen LogP contribution in [0.15, 0.2) is 45.8 Å². The molecule has 3 heterocycles. The number of ether oxygens (including phenoxy) is 1. The molecule has 0 aliphatic carbocycles. The van der Waals surface area contributed by atoms with Crippen molar-refractivity contribution in [2.45, 2.75) is 6.92 Å². The van der Waals surface area contributed by atoms with Gasteiger partial charge in [0.1, 0.15) is 16.5 Å². The lowest BCUT2D eigenvalue weighted by Crippen LogP contribution is -2.12. The molecule has 136 valence electrons. The first-order valence-electron chi connectivity index (χ1n) is 8.04. The fourth-order valence-electron chi connectivity index (χ4n) is 2.53. The van der Waals surface area contributed by atoms with Crippen molar-refractivity contribution in [1.82, 2.24) is 9.97 Å². The number of aromatic nitrogens is 2. The highest BCUT2D eigenvalue weighted by Gasteiger charge is 2.15. The van der Waals surface area contributed by atoms with Crippen molar-refractivity contribution >= 4 is 45.0 Å². The van der Waals surface area contributed by atoms with Gasteiger partial charge in [-0.15, -0.1) is 22.7 Å². The Morgan fingerprint density at radius 2 is 2.00 bits per heavy atom. The summed E-state index contributed by atoms with van der Waals surface area (Å²) >= 11 is 4.44. The maximum absolute atomic E-state index is 12.5. The molecule has 1 amide bonds. The zero-order valence-corrected chi connectivity index (χ0v) is 17.0. The Morgan fingerprint density at radius 3 is 2.78 bits per heavy atom. The average molecular weight is 414 g/mol. The van der Waals surface area contributed by atoms with Crippen molar-refractivity contribution in [3.05, 3.63) is 57.0 Å². The van der Waals surface area contributed by atoms with Gasteiger partial charge in [0, 0.05) is 27.3 Å². The molecule has 0 unspecified atom stereocenters. The molecule has 0 atom stereocenters. The van der Waals surface area contributed by atoms with E-state index in [2.05, 4.69) is 15.3 Å². The number of nitrogens with zero attached hydrogens (tertiary/aromatic N) is 2. The fraction of sp³-hybridized carbons (Fsp3) is 0.105. The largest absolute Gasteiger partial charge is 0.496 e. The smallest absolute Gasteiger partial charge is 0.276 e. The Hall–Kier alpha value is -2.55. The summed E-state index contributed by atoms with van der Waals surface area (Å²) in [6, 6.07) is 7.93. The molecule has 0 fully saturated rings. The summed E-state index contributed by atoms with van der Waals surface area (Å²) in [5.41, 5.74) is 4.22. The molecule has 4 rings (SSSR count). The van der Waals surface area contributed by atoms with E-state index in [4.69, 9.17) is 4.74 Å². The number of carbonyl (C=O) groups is 1. The van der Waals surface area contributed by atoms with Crippen LogP contribution >= 0.6 is 34.0 Å². The van der Waals surface area contributed by atoms with Gasteiger partial charge in [0.2, 0.25) is 0 Å². The van der Waals surface area contributed by atoms with E-state index >= 15 is 0 Å². The van der Waals surface area contributed by atoms with E-state index in [-0.39, 0.29) is 5.91 Å². The zero-order valence-electron chi connectivity index (χ0n) is 14.6. The van der Waals surface area contributed by atoms with Gasteiger partial charge >= 0.3 is 0 Å². The van der Waals surface area contributed by atoms with Gasteiger partial charge in [-0.1, -0.05) is 11.6 Å². The minimum Gasteiger partial charge on any atom is -0.496 e. The highest BCUT2D eigenvalue weighted by atomic mass is 32.1. The lowest BCUT2D eigenvalue weighted by Gasteiger charge is -2.07. The third-order valence-corrected chi connectivity index (χ3v) is 6.19. The Labute approximate surface area is 168 Å². The van der Waals surface area contributed by atoms with Crippen LogP contribution in [0.25, 0.3) is 21.8 Å². The molecule has 0 saturated heterocycles. The molecule has 1 aromatic carbocycles. The summed E-state index contributed by atoms with van der Waals surface area (Å²) in [5, 5.41) is 11.9. The Bertz CT molecular complexity index is 1080. The Morgan fingerprint density at radius 1 is 1.11 bits per heavy atom. The van der Waals surface area contributed by atoms with E-state index in [1.165, 1.54) is 22.7 Å². The standard InChI is InChI=1S/C19H15N3O2S3/c1-11-3-4-16(24-2)13(7-11)14-9-27-19(21-14)22-17(23)15-10-26-18(20-15)12-5-6-25-8-12/h3-10H,1-2H3,(H,21,22,23). The first kappa shape index (κ1) is 17.8.